The minimum absolute atomic E-state index is 0.0262. The lowest BCUT2D eigenvalue weighted by molar-refractivity contribution is -0.138. The molecule has 6 heteroatoms. The van der Waals surface area contributed by atoms with E-state index in [4.69, 9.17) is 0 Å². The lowest BCUT2D eigenvalue weighted by atomic mass is 10.1. The van der Waals surface area contributed by atoms with Gasteiger partial charge in [-0.3, -0.25) is 4.98 Å². The first-order valence-corrected chi connectivity index (χ1v) is 4.15. The van der Waals surface area contributed by atoms with Gasteiger partial charge in [-0.05, 0) is 13.0 Å². The van der Waals surface area contributed by atoms with E-state index in [9.17, 15) is 18.0 Å². The number of halogens is 3. The van der Waals surface area contributed by atoms with Gasteiger partial charge >= 0.3 is 12.1 Å². The Bertz CT molecular complexity index is 363. The quantitative estimate of drug-likeness (QED) is 0.716. The number of aromatic nitrogens is 1. The lowest BCUT2D eigenvalue weighted by Crippen LogP contribution is -2.15. The maximum Gasteiger partial charge on any atom is 0.418 e. The van der Waals surface area contributed by atoms with Crippen molar-refractivity contribution in [1.29, 1.82) is 0 Å². The second-order valence-corrected chi connectivity index (χ2v) is 2.64. The number of carbonyl (C=O) groups excluding carboxylic acids is 1. The minimum atomic E-state index is -4.60. The third-order valence-corrected chi connectivity index (χ3v) is 1.62. The van der Waals surface area contributed by atoms with Crippen molar-refractivity contribution in [3.8, 4) is 0 Å². The molecule has 1 aromatic heterocycles. The molecule has 0 aliphatic rings. The number of hydrogen-bond donors (Lipinski definition) is 0. The van der Waals surface area contributed by atoms with Crippen LogP contribution in [0.5, 0.6) is 0 Å². The highest BCUT2D eigenvalue weighted by molar-refractivity contribution is 5.91. The summed E-state index contributed by atoms with van der Waals surface area (Å²) in [5.41, 5.74) is -1.59. The van der Waals surface area contributed by atoms with Gasteiger partial charge in [0, 0.05) is 12.4 Å². The van der Waals surface area contributed by atoms with Crippen LogP contribution in [0.4, 0.5) is 13.2 Å². The van der Waals surface area contributed by atoms with Crippen LogP contribution >= 0.6 is 0 Å². The van der Waals surface area contributed by atoms with Crippen LogP contribution in [0.15, 0.2) is 18.5 Å². The number of nitrogens with zero attached hydrogens (tertiary/aromatic N) is 1. The van der Waals surface area contributed by atoms with Crippen LogP contribution < -0.4 is 0 Å². The van der Waals surface area contributed by atoms with Gasteiger partial charge in [-0.15, -0.1) is 0 Å². The molecule has 0 saturated heterocycles. The van der Waals surface area contributed by atoms with Crippen molar-refractivity contribution in [2.75, 3.05) is 6.61 Å². The average Bonchev–Trinajstić information content (AvgIpc) is 2.17. The van der Waals surface area contributed by atoms with E-state index in [1.54, 1.807) is 0 Å². The van der Waals surface area contributed by atoms with E-state index < -0.39 is 23.3 Å². The highest BCUT2D eigenvalue weighted by Gasteiger charge is 2.35. The summed E-state index contributed by atoms with van der Waals surface area (Å²) >= 11 is 0. The Labute approximate surface area is 83.9 Å². The van der Waals surface area contributed by atoms with Gasteiger partial charge < -0.3 is 4.74 Å². The maximum atomic E-state index is 12.4. The summed E-state index contributed by atoms with van der Waals surface area (Å²) in [6, 6.07) is 0.987. The Kier molecular flexibility index (Phi) is 3.28. The van der Waals surface area contributed by atoms with Crippen LogP contribution in [0.25, 0.3) is 0 Å². The molecule has 0 aromatic carbocycles. The van der Waals surface area contributed by atoms with Crippen LogP contribution in [0.2, 0.25) is 0 Å². The number of esters is 1. The van der Waals surface area contributed by atoms with Crippen LogP contribution in [0, 0.1) is 0 Å². The van der Waals surface area contributed by atoms with E-state index in [0.29, 0.717) is 6.20 Å². The second-order valence-electron chi connectivity index (χ2n) is 2.64. The number of hydrogen-bond acceptors (Lipinski definition) is 3. The Morgan fingerprint density at radius 3 is 2.73 bits per heavy atom. The first kappa shape index (κ1) is 11.5. The Hall–Kier alpha value is -1.59. The van der Waals surface area contributed by atoms with Crippen LogP contribution in [-0.2, 0) is 10.9 Å². The molecule has 0 fully saturated rings. The molecule has 1 rings (SSSR count). The van der Waals surface area contributed by atoms with Crippen molar-refractivity contribution >= 4 is 5.97 Å². The minimum Gasteiger partial charge on any atom is -0.462 e. The summed E-state index contributed by atoms with van der Waals surface area (Å²) in [6.07, 6.45) is -2.88. The first-order valence-electron chi connectivity index (χ1n) is 4.15. The second kappa shape index (κ2) is 4.29. The van der Waals surface area contributed by atoms with Crippen LogP contribution in [0.3, 0.4) is 0 Å². The van der Waals surface area contributed by atoms with Gasteiger partial charge in [-0.25, -0.2) is 4.79 Å². The molecule has 0 radical (unpaired) electrons. The standard InChI is InChI=1S/C9H8F3NO2/c1-2-15-8(14)6-3-4-13-5-7(6)9(10,11)12/h3-5H,2H2,1H3. The highest BCUT2D eigenvalue weighted by atomic mass is 19.4. The fourth-order valence-corrected chi connectivity index (χ4v) is 1.01. The summed E-state index contributed by atoms with van der Waals surface area (Å²) in [5.74, 6) is -0.993. The highest BCUT2D eigenvalue weighted by Crippen LogP contribution is 2.31. The smallest absolute Gasteiger partial charge is 0.418 e. The summed E-state index contributed by atoms with van der Waals surface area (Å²) in [4.78, 5) is 14.5. The predicted molar refractivity (Wildman–Crippen MR) is 45.2 cm³/mol. The number of rotatable bonds is 2. The molecule has 0 N–H and O–H groups in total. The molecule has 0 aliphatic carbocycles. The van der Waals surface area contributed by atoms with Gasteiger partial charge in [-0.2, -0.15) is 13.2 Å². The van der Waals surface area contributed by atoms with Crippen molar-refractivity contribution in [2.24, 2.45) is 0 Å². The Balaban J connectivity index is 3.12. The van der Waals surface area contributed by atoms with Gasteiger partial charge in [0.15, 0.2) is 0 Å². The predicted octanol–water partition coefficient (Wildman–Crippen LogP) is 2.28. The van der Waals surface area contributed by atoms with E-state index in [2.05, 4.69) is 9.72 Å². The van der Waals surface area contributed by atoms with Crippen LogP contribution in [-0.4, -0.2) is 17.6 Å². The molecule has 0 atom stereocenters. The van der Waals surface area contributed by atoms with Crippen molar-refractivity contribution in [1.82, 2.24) is 4.98 Å². The summed E-state index contributed by atoms with van der Waals surface area (Å²) in [6.45, 7) is 1.55. The van der Waals surface area contributed by atoms with Crippen molar-refractivity contribution in [3.63, 3.8) is 0 Å². The number of carbonyl (C=O) groups is 1. The fraction of sp³-hybridized carbons (Fsp3) is 0.333. The normalized spacial score (nSPS) is 11.2. The third-order valence-electron chi connectivity index (χ3n) is 1.62. The molecule has 0 unspecified atom stereocenters. The Morgan fingerprint density at radius 2 is 2.20 bits per heavy atom. The third kappa shape index (κ3) is 2.68. The molecule has 0 saturated carbocycles. The maximum absolute atomic E-state index is 12.4. The van der Waals surface area contributed by atoms with Gasteiger partial charge in [0.05, 0.1) is 17.7 Å². The first-order chi connectivity index (χ1) is 6.96. The zero-order chi connectivity index (χ0) is 11.5. The fourth-order valence-electron chi connectivity index (χ4n) is 1.01. The molecule has 82 valence electrons. The van der Waals surface area contributed by atoms with E-state index in [0.717, 1.165) is 12.3 Å². The number of ether oxygens (including phenoxy) is 1. The SMILES string of the molecule is CCOC(=O)c1ccncc1C(F)(F)F. The number of pyridine rings is 1. The van der Waals surface area contributed by atoms with Gasteiger partial charge in [-0.1, -0.05) is 0 Å². The number of alkyl halides is 3. The van der Waals surface area contributed by atoms with Crippen molar-refractivity contribution in [2.45, 2.75) is 13.1 Å². The topological polar surface area (TPSA) is 39.2 Å². The monoisotopic (exact) mass is 219 g/mol. The average molecular weight is 219 g/mol. The van der Waals surface area contributed by atoms with E-state index in [1.165, 1.54) is 6.92 Å². The summed E-state index contributed by atoms with van der Waals surface area (Å²) in [7, 11) is 0. The lowest BCUT2D eigenvalue weighted by Gasteiger charge is -2.10. The molecule has 1 aromatic rings. The zero-order valence-electron chi connectivity index (χ0n) is 7.84. The van der Waals surface area contributed by atoms with Crippen molar-refractivity contribution in [3.05, 3.63) is 29.6 Å². The molecule has 0 amide bonds. The summed E-state index contributed by atoms with van der Waals surface area (Å²) in [5, 5.41) is 0. The van der Waals surface area contributed by atoms with Gasteiger partial charge in [0.1, 0.15) is 0 Å². The molecule has 15 heavy (non-hydrogen) atoms. The van der Waals surface area contributed by atoms with E-state index in [1.807, 2.05) is 0 Å². The van der Waals surface area contributed by atoms with Crippen molar-refractivity contribution < 1.29 is 22.7 Å². The molecule has 3 nitrogen and oxygen atoms in total. The molecular weight excluding hydrogens is 211 g/mol. The largest absolute Gasteiger partial charge is 0.462 e. The molecule has 0 spiro atoms. The molecular formula is C9H8F3NO2. The molecule has 1 heterocycles. The van der Waals surface area contributed by atoms with Gasteiger partial charge in [0.25, 0.3) is 0 Å². The zero-order valence-corrected chi connectivity index (χ0v) is 7.84. The van der Waals surface area contributed by atoms with E-state index >= 15 is 0 Å². The van der Waals surface area contributed by atoms with Gasteiger partial charge in [0.2, 0.25) is 0 Å². The molecule has 0 aliphatic heterocycles. The van der Waals surface area contributed by atoms with E-state index in [-0.39, 0.29) is 6.61 Å². The molecule has 0 bridgehead atoms. The summed E-state index contributed by atoms with van der Waals surface area (Å²) < 4.78 is 41.7. The Morgan fingerprint density at radius 1 is 1.53 bits per heavy atom. The van der Waals surface area contributed by atoms with Crippen LogP contribution in [0.1, 0.15) is 22.8 Å².